The molecule has 28 heavy (non-hydrogen) atoms. The van der Waals surface area contributed by atoms with Gasteiger partial charge >= 0.3 is 0 Å². The molecule has 3 aromatic rings. The van der Waals surface area contributed by atoms with E-state index in [-0.39, 0.29) is 0 Å². The van der Waals surface area contributed by atoms with Crippen LogP contribution in [0, 0.1) is 13.8 Å². The van der Waals surface area contributed by atoms with Crippen molar-refractivity contribution in [2.75, 3.05) is 19.8 Å². The van der Waals surface area contributed by atoms with Crippen LogP contribution in [0.25, 0.3) is 22.2 Å². The molecule has 3 rings (SSSR count). The standard InChI is InChI=1S/C24H32N2O2/c1-5-27-21-11-10-18(15-22(21)28-6-2)24-19(9-7-8-12-25)23-17(4)13-16(3)14-20(23)26-24/h10-11,13-15,26H,5-9,12,25H2,1-4H3. The highest BCUT2D eigenvalue weighted by Gasteiger charge is 2.17. The summed E-state index contributed by atoms with van der Waals surface area (Å²) >= 11 is 0. The predicted octanol–water partition coefficient (Wildman–Crippen LogP) is 5.53. The maximum atomic E-state index is 5.85. The van der Waals surface area contributed by atoms with Crippen LogP contribution in [0.3, 0.4) is 0 Å². The molecular formula is C24H32N2O2. The highest BCUT2D eigenvalue weighted by molar-refractivity contribution is 5.94. The van der Waals surface area contributed by atoms with E-state index in [0.717, 1.165) is 42.9 Å². The van der Waals surface area contributed by atoms with Crippen molar-refractivity contribution >= 4 is 10.9 Å². The van der Waals surface area contributed by atoms with Crippen molar-refractivity contribution in [3.05, 3.63) is 47.0 Å². The van der Waals surface area contributed by atoms with E-state index in [2.05, 4.69) is 43.1 Å². The summed E-state index contributed by atoms with van der Waals surface area (Å²) in [7, 11) is 0. The summed E-state index contributed by atoms with van der Waals surface area (Å²) in [5, 5.41) is 1.34. The first-order chi connectivity index (χ1) is 13.6. The number of rotatable bonds is 9. The van der Waals surface area contributed by atoms with Crippen molar-refractivity contribution < 1.29 is 9.47 Å². The van der Waals surface area contributed by atoms with Gasteiger partial charge in [-0.25, -0.2) is 0 Å². The van der Waals surface area contributed by atoms with Gasteiger partial charge in [0.05, 0.1) is 13.2 Å². The molecule has 1 aromatic heterocycles. The number of aryl methyl sites for hydroxylation is 3. The summed E-state index contributed by atoms with van der Waals surface area (Å²) < 4.78 is 11.6. The minimum absolute atomic E-state index is 0.609. The molecule has 0 aliphatic heterocycles. The van der Waals surface area contributed by atoms with Gasteiger partial charge in [0.1, 0.15) is 0 Å². The maximum absolute atomic E-state index is 5.85. The van der Waals surface area contributed by atoms with Gasteiger partial charge in [-0.2, -0.15) is 0 Å². The molecule has 0 amide bonds. The Bertz CT molecular complexity index is 943. The Kier molecular flexibility index (Phi) is 6.63. The zero-order valence-corrected chi connectivity index (χ0v) is 17.5. The Morgan fingerprint density at radius 3 is 2.39 bits per heavy atom. The summed E-state index contributed by atoms with van der Waals surface area (Å²) in [6.45, 7) is 10.3. The molecule has 0 radical (unpaired) electrons. The smallest absolute Gasteiger partial charge is 0.161 e. The molecular weight excluding hydrogens is 348 g/mol. The van der Waals surface area contributed by atoms with Crippen molar-refractivity contribution in [3.63, 3.8) is 0 Å². The van der Waals surface area contributed by atoms with Crippen molar-refractivity contribution in [2.45, 2.75) is 47.0 Å². The lowest BCUT2D eigenvalue weighted by Crippen LogP contribution is -2.00. The average Bonchev–Trinajstić information content (AvgIpc) is 3.02. The van der Waals surface area contributed by atoms with Crippen LogP contribution >= 0.6 is 0 Å². The topological polar surface area (TPSA) is 60.3 Å². The fourth-order valence-corrected chi connectivity index (χ4v) is 3.95. The number of hydrogen-bond donors (Lipinski definition) is 2. The van der Waals surface area contributed by atoms with E-state index in [4.69, 9.17) is 15.2 Å². The molecule has 150 valence electrons. The third-order valence-corrected chi connectivity index (χ3v) is 5.06. The normalized spacial score (nSPS) is 11.2. The van der Waals surface area contributed by atoms with Crippen molar-refractivity contribution in [1.82, 2.24) is 4.98 Å². The highest BCUT2D eigenvalue weighted by atomic mass is 16.5. The number of aromatic nitrogens is 1. The Balaban J connectivity index is 2.14. The lowest BCUT2D eigenvalue weighted by Gasteiger charge is -2.13. The molecule has 0 aliphatic rings. The molecule has 0 spiro atoms. The SMILES string of the molecule is CCOc1ccc(-c2[nH]c3cc(C)cc(C)c3c2CCCCN)cc1OCC. The Morgan fingerprint density at radius 1 is 0.929 bits per heavy atom. The quantitative estimate of drug-likeness (QED) is 0.480. The first-order valence-electron chi connectivity index (χ1n) is 10.3. The largest absolute Gasteiger partial charge is 0.490 e. The minimum atomic E-state index is 0.609. The van der Waals surface area contributed by atoms with Crippen LogP contribution in [0.5, 0.6) is 11.5 Å². The monoisotopic (exact) mass is 380 g/mol. The summed E-state index contributed by atoms with van der Waals surface area (Å²) in [4.78, 5) is 3.68. The van der Waals surface area contributed by atoms with Crippen LogP contribution in [-0.2, 0) is 6.42 Å². The minimum Gasteiger partial charge on any atom is -0.490 e. The second kappa shape index (κ2) is 9.16. The maximum Gasteiger partial charge on any atom is 0.161 e. The fraction of sp³-hybridized carbons (Fsp3) is 0.417. The lowest BCUT2D eigenvalue weighted by molar-refractivity contribution is 0.288. The number of nitrogens with two attached hydrogens (primary N) is 1. The van der Waals surface area contributed by atoms with Crippen LogP contribution in [0.4, 0.5) is 0 Å². The van der Waals surface area contributed by atoms with Gasteiger partial charge in [0.2, 0.25) is 0 Å². The summed E-state index contributed by atoms with van der Waals surface area (Å²) in [6.07, 6.45) is 3.12. The van der Waals surface area contributed by atoms with Crippen LogP contribution in [0.1, 0.15) is 43.4 Å². The van der Waals surface area contributed by atoms with Crippen molar-refractivity contribution in [1.29, 1.82) is 0 Å². The molecule has 4 nitrogen and oxygen atoms in total. The molecule has 0 unspecified atom stereocenters. The lowest BCUT2D eigenvalue weighted by atomic mass is 9.97. The molecule has 2 aromatic carbocycles. The first kappa shape index (κ1) is 20.3. The Labute approximate surface area is 168 Å². The van der Waals surface area contributed by atoms with Gasteiger partial charge in [-0.3, -0.25) is 0 Å². The fourth-order valence-electron chi connectivity index (χ4n) is 3.95. The first-order valence-corrected chi connectivity index (χ1v) is 10.3. The van der Waals surface area contributed by atoms with Crippen LogP contribution in [-0.4, -0.2) is 24.7 Å². The van der Waals surface area contributed by atoms with E-state index in [9.17, 15) is 0 Å². The van der Waals surface area contributed by atoms with Gasteiger partial charge in [-0.05, 0) is 94.5 Å². The van der Waals surface area contributed by atoms with Gasteiger partial charge in [-0.15, -0.1) is 0 Å². The Morgan fingerprint density at radius 2 is 1.68 bits per heavy atom. The second-order valence-electron chi connectivity index (χ2n) is 7.26. The molecule has 0 saturated heterocycles. The average molecular weight is 381 g/mol. The van der Waals surface area contributed by atoms with Gasteiger partial charge in [0.25, 0.3) is 0 Å². The number of H-pyrrole nitrogens is 1. The number of aromatic amines is 1. The number of hydrogen-bond acceptors (Lipinski definition) is 3. The molecule has 0 bridgehead atoms. The summed E-state index contributed by atoms with van der Waals surface area (Å²) in [5.41, 5.74) is 13.2. The number of ether oxygens (including phenoxy) is 2. The second-order valence-corrected chi connectivity index (χ2v) is 7.26. The summed E-state index contributed by atoms with van der Waals surface area (Å²) in [6, 6.07) is 10.7. The molecule has 4 heteroatoms. The van der Waals surface area contributed by atoms with Gasteiger partial charge in [0, 0.05) is 22.2 Å². The third-order valence-electron chi connectivity index (χ3n) is 5.06. The van der Waals surface area contributed by atoms with Crippen LogP contribution in [0.15, 0.2) is 30.3 Å². The zero-order valence-electron chi connectivity index (χ0n) is 17.5. The number of fused-ring (bicyclic) bond motifs is 1. The van der Waals surface area contributed by atoms with E-state index in [1.165, 1.54) is 33.3 Å². The van der Waals surface area contributed by atoms with E-state index in [0.29, 0.717) is 13.2 Å². The van der Waals surface area contributed by atoms with Crippen molar-refractivity contribution in [3.8, 4) is 22.8 Å². The molecule has 1 heterocycles. The molecule has 0 fully saturated rings. The molecule has 3 N–H and O–H groups in total. The molecule has 0 saturated carbocycles. The molecule has 0 aliphatic carbocycles. The number of benzene rings is 2. The van der Waals surface area contributed by atoms with Crippen molar-refractivity contribution in [2.24, 2.45) is 5.73 Å². The van der Waals surface area contributed by atoms with E-state index in [1.54, 1.807) is 0 Å². The number of nitrogens with one attached hydrogen (secondary N) is 1. The Hall–Kier alpha value is -2.46. The van der Waals surface area contributed by atoms with E-state index >= 15 is 0 Å². The van der Waals surface area contributed by atoms with Gasteiger partial charge in [0.15, 0.2) is 11.5 Å². The van der Waals surface area contributed by atoms with Crippen LogP contribution < -0.4 is 15.2 Å². The third kappa shape index (κ3) is 4.17. The van der Waals surface area contributed by atoms with E-state index < -0.39 is 0 Å². The highest BCUT2D eigenvalue weighted by Crippen LogP contribution is 2.38. The predicted molar refractivity (Wildman–Crippen MR) is 118 cm³/mol. The van der Waals surface area contributed by atoms with E-state index in [1.807, 2.05) is 19.9 Å². The van der Waals surface area contributed by atoms with Gasteiger partial charge in [-0.1, -0.05) is 6.07 Å². The van der Waals surface area contributed by atoms with Gasteiger partial charge < -0.3 is 20.2 Å². The summed E-state index contributed by atoms with van der Waals surface area (Å²) in [5.74, 6) is 1.59. The van der Waals surface area contributed by atoms with Crippen LogP contribution in [0.2, 0.25) is 0 Å². The number of unbranched alkanes of at least 4 members (excludes halogenated alkanes) is 1. The zero-order chi connectivity index (χ0) is 20.1. The molecule has 0 atom stereocenters.